The van der Waals surface area contributed by atoms with Crippen molar-refractivity contribution >= 4 is 0 Å². The van der Waals surface area contributed by atoms with Crippen molar-refractivity contribution in [2.24, 2.45) is 0 Å². The zero-order valence-corrected chi connectivity index (χ0v) is 10.4. The third-order valence-corrected chi connectivity index (χ3v) is 2.70. The fourth-order valence-corrected chi connectivity index (χ4v) is 1.60. The maximum atomic E-state index is 5.21. The van der Waals surface area contributed by atoms with E-state index in [1.165, 1.54) is 5.56 Å². The molecule has 0 aliphatic carbocycles. The van der Waals surface area contributed by atoms with Gasteiger partial charge in [0.1, 0.15) is 5.75 Å². The summed E-state index contributed by atoms with van der Waals surface area (Å²) in [6, 6.07) is 14.1. The molecule has 0 bridgehead atoms. The summed E-state index contributed by atoms with van der Waals surface area (Å²) in [7, 11) is 1.67. The van der Waals surface area contributed by atoms with Crippen LogP contribution >= 0.6 is 0 Å². The molecule has 17 heavy (non-hydrogen) atoms. The molecule has 0 aliphatic heterocycles. The number of rotatable bonds is 3. The summed E-state index contributed by atoms with van der Waals surface area (Å²) in [5.74, 6) is 2.75. The quantitative estimate of drug-likeness (QED) is 0.730. The Morgan fingerprint density at radius 3 is 2.29 bits per heavy atom. The van der Waals surface area contributed by atoms with Gasteiger partial charge in [0, 0.05) is 17.7 Å². The van der Waals surface area contributed by atoms with E-state index in [2.05, 4.69) is 23.8 Å². The molecule has 1 N–H and O–H groups in total. The Kier molecular flexibility index (Phi) is 3.33. The van der Waals surface area contributed by atoms with Crippen LogP contribution < -0.4 is 4.74 Å². The van der Waals surface area contributed by atoms with E-state index >= 15 is 0 Å². The van der Waals surface area contributed by atoms with E-state index in [9.17, 15) is 0 Å². The average Bonchev–Trinajstić information content (AvgIpc) is 2.35. The highest BCUT2D eigenvalue weighted by atomic mass is 16.5. The Morgan fingerprint density at radius 2 is 1.65 bits per heavy atom. The molecule has 0 fully saturated rings. The van der Waals surface area contributed by atoms with Gasteiger partial charge in [0.15, 0.2) is 0 Å². The van der Waals surface area contributed by atoms with Crippen LogP contribution in [0.3, 0.4) is 0 Å². The molecular formula is C15H17O2+. The van der Waals surface area contributed by atoms with Crippen LogP contribution in [0.25, 0.3) is 0 Å². The summed E-state index contributed by atoms with van der Waals surface area (Å²) >= 11 is 0. The largest absolute Gasteiger partial charge is 0.546 e. The normalized spacial score (nSPS) is 10.1. The molecule has 2 aromatic carbocycles. The molecule has 0 aromatic heterocycles. The molecule has 0 saturated heterocycles. The van der Waals surface area contributed by atoms with Crippen molar-refractivity contribution < 1.29 is 9.47 Å². The Labute approximate surface area is 102 Å². The molecule has 2 nitrogen and oxygen atoms in total. The number of aromatic hydroxyl groups is 2. The van der Waals surface area contributed by atoms with E-state index in [1.54, 1.807) is 7.11 Å². The van der Waals surface area contributed by atoms with Gasteiger partial charge in [-0.15, -0.1) is 0 Å². The zero-order valence-electron chi connectivity index (χ0n) is 10.4. The van der Waals surface area contributed by atoms with Crippen LogP contribution in [0, 0.1) is 13.8 Å². The van der Waals surface area contributed by atoms with Crippen LogP contribution in [0.15, 0.2) is 42.5 Å². The van der Waals surface area contributed by atoms with Crippen molar-refractivity contribution in [2.45, 2.75) is 13.8 Å². The molecule has 0 unspecified atom stereocenters. The molecule has 0 heterocycles. The minimum absolute atomic E-state index is 0.835. The van der Waals surface area contributed by atoms with Crippen LogP contribution in [0.5, 0.6) is 17.2 Å². The highest BCUT2D eigenvalue weighted by Crippen LogP contribution is 2.30. The molecule has 0 atom stereocenters. The maximum absolute atomic E-state index is 5.21. The minimum Gasteiger partial charge on any atom is -0.546 e. The lowest BCUT2D eigenvalue weighted by molar-refractivity contribution is 0.195. The summed E-state index contributed by atoms with van der Waals surface area (Å²) < 4.78 is 9.82. The first-order valence-corrected chi connectivity index (χ1v) is 5.62. The van der Waals surface area contributed by atoms with Crippen LogP contribution in [0.4, 0.5) is 0 Å². The third kappa shape index (κ3) is 2.78. The standard InChI is InChI=1S/C15H16O2/c1-11-4-7-13(8-5-11)17-15-10-14(16-3)9-6-12(15)2/h4-10H,1-3H3/p+1. The summed E-state index contributed by atoms with van der Waals surface area (Å²) in [5.41, 5.74) is 2.39. The third-order valence-electron chi connectivity index (χ3n) is 2.70. The monoisotopic (exact) mass is 229 g/mol. The number of hydrogen-bond acceptors (Lipinski definition) is 1. The van der Waals surface area contributed by atoms with Crippen molar-refractivity contribution in [1.29, 1.82) is 0 Å². The number of aryl methyl sites for hydroxylation is 2. The molecule has 2 rings (SSSR count). The Balaban J connectivity index is 2.25. The molecule has 0 aliphatic rings. The van der Waals surface area contributed by atoms with Crippen molar-refractivity contribution in [1.82, 2.24) is 0 Å². The second-order valence-corrected chi connectivity index (χ2v) is 4.10. The lowest BCUT2D eigenvalue weighted by Crippen LogP contribution is -1.87. The van der Waals surface area contributed by atoms with Gasteiger partial charge in [-0.25, -0.2) is 0 Å². The van der Waals surface area contributed by atoms with Gasteiger partial charge in [-0.1, -0.05) is 17.7 Å². The van der Waals surface area contributed by atoms with Crippen LogP contribution in [0.1, 0.15) is 11.1 Å². The Morgan fingerprint density at radius 1 is 0.941 bits per heavy atom. The smallest absolute Gasteiger partial charge is 0.267 e. The Bertz CT molecular complexity index is 501. The van der Waals surface area contributed by atoms with Gasteiger partial charge >= 0.3 is 0 Å². The first-order valence-electron chi connectivity index (χ1n) is 5.62. The van der Waals surface area contributed by atoms with E-state index in [0.717, 1.165) is 22.8 Å². The lowest BCUT2D eigenvalue weighted by Gasteiger charge is -2.07. The van der Waals surface area contributed by atoms with Crippen LogP contribution in [-0.4, -0.2) is 11.8 Å². The number of ether oxygens (including phenoxy) is 2. The summed E-state index contributed by atoms with van der Waals surface area (Å²) in [5, 5.41) is 0. The fourth-order valence-electron chi connectivity index (χ4n) is 1.60. The van der Waals surface area contributed by atoms with Gasteiger partial charge < -0.3 is 9.47 Å². The van der Waals surface area contributed by atoms with E-state index in [4.69, 9.17) is 4.74 Å². The molecule has 0 spiro atoms. The topological polar surface area (TPSA) is 22.0 Å². The Hall–Kier alpha value is -1.96. The van der Waals surface area contributed by atoms with Gasteiger partial charge in [-0.3, -0.25) is 0 Å². The average molecular weight is 229 g/mol. The fraction of sp³-hybridized carbons (Fsp3) is 0.200. The predicted molar refractivity (Wildman–Crippen MR) is 70.0 cm³/mol. The van der Waals surface area contributed by atoms with E-state index in [-0.39, 0.29) is 0 Å². The molecule has 0 radical (unpaired) electrons. The number of hydrogen-bond donors (Lipinski definition) is 0. The molecular weight excluding hydrogens is 212 g/mol. The number of methoxy groups -OCH3 is 1. The van der Waals surface area contributed by atoms with Crippen molar-refractivity contribution in [3.8, 4) is 17.2 Å². The van der Waals surface area contributed by atoms with Crippen molar-refractivity contribution in [3.05, 3.63) is 53.6 Å². The van der Waals surface area contributed by atoms with Gasteiger partial charge in [0.05, 0.1) is 13.2 Å². The molecule has 0 saturated carbocycles. The lowest BCUT2D eigenvalue weighted by atomic mass is 10.2. The second-order valence-electron chi connectivity index (χ2n) is 4.10. The van der Waals surface area contributed by atoms with E-state index in [1.807, 2.05) is 37.3 Å². The summed E-state index contributed by atoms with van der Waals surface area (Å²) in [6.07, 6.45) is 0. The first-order chi connectivity index (χ1) is 8.19. The van der Waals surface area contributed by atoms with E-state index < -0.39 is 0 Å². The van der Waals surface area contributed by atoms with Crippen molar-refractivity contribution in [2.75, 3.05) is 7.11 Å². The molecule has 2 aromatic rings. The van der Waals surface area contributed by atoms with Gasteiger partial charge in [0.2, 0.25) is 0 Å². The molecule has 88 valence electrons. The second kappa shape index (κ2) is 4.91. The van der Waals surface area contributed by atoms with Crippen LogP contribution in [-0.2, 0) is 0 Å². The minimum atomic E-state index is 0.835. The van der Waals surface area contributed by atoms with Crippen LogP contribution in [0.2, 0.25) is 0 Å². The molecule has 0 amide bonds. The highest BCUT2D eigenvalue weighted by molar-refractivity contribution is 5.41. The highest BCUT2D eigenvalue weighted by Gasteiger charge is 2.08. The number of benzene rings is 2. The molecule has 2 heteroatoms. The predicted octanol–water partition coefficient (Wildman–Crippen LogP) is 3.97. The zero-order chi connectivity index (χ0) is 12.3. The van der Waals surface area contributed by atoms with Gasteiger partial charge in [-0.2, -0.15) is 0 Å². The summed E-state index contributed by atoms with van der Waals surface area (Å²) in [4.78, 5) is 0. The van der Waals surface area contributed by atoms with Gasteiger partial charge in [0.25, 0.3) is 11.5 Å². The van der Waals surface area contributed by atoms with Gasteiger partial charge in [-0.05, 0) is 26.0 Å². The SMILES string of the molecule is COc1ccc(C)c([OH+]c2ccc(C)cc2)c1. The van der Waals surface area contributed by atoms with E-state index in [0.29, 0.717) is 0 Å². The maximum Gasteiger partial charge on any atom is 0.267 e. The first kappa shape index (κ1) is 11.5. The van der Waals surface area contributed by atoms with Crippen molar-refractivity contribution in [3.63, 3.8) is 0 Å². The summed E-state index contributed by atoms with van der Waals surface area (Å²) in [6.45, 7) is 4.12.